The van der Waals surface area contributed by atoms with Crippen LogP contribution in [0.3, 0.4) is 0 Å². The van der Waals surface area contributed by atoms with E-state index in [2.05, 4.69) is 27.3 Å². The molecule has 4 rings (SSSR count). The quantitative estimate of drug-likeness (QED) is 0.905. The molecular weight excluding hydrogens is 314 g/mol. The van der Waals surface area contributed by atoms with E-state index in [1.807, 2.05) is 28.8 Å². The fourth-order valence-corrected chi connectivity index (χ4v) is 4.24. The summed E-state index contributed by atoms with van der Waals surface area (Å²) in [4.78, 5) is 15.1. The zero-order chi connectivity index (χ0) is 17.2. The van der Waals surface area contributed by atoms with Gasteiger partial charge in [0.1, 0.15) is 0 Å². The van der Waals surface area contributed by atoms with Crippen LogP contribution in [0.15, 0.2) is 24.4 Å². The smallest absolute Gasteiger partial charge is 0.318 e. The van der Waals surface area contributed by atoms with Gasteiger partial charge in [-0.05, 0) is 50.2 Å². The van der Waals surface area contributed by atoms with E-state index in [4.69, 9.17) is 0 Å². The van der Waals surface area contributed by atoms with Gasteiger partial charge >= 0.3 is 6.03 Å². The molecule has 3 heterocycles. The maximum Gasteiger partial charge on any atom is 0.318 e. The van der Waals surface area contributed by atoms with E-state index in [1.165, 1.54) is 19.3 Å². The first-order chi connectivity index (χ1) is 12.3. The van der Waals surface area contributed by atoms with Gasteiger partial charge in [0.2, 0.25) is 0 Å². The van der Waals surface area contributed by atoms with Gasteiger partial charge in [-0.3, -0.25) is 4.40 Å². The van der Waals surface area contributed by atoms with Gasteiger partial charge in [0, 0.05) is 18.8 Å². The third kappa shape index (κ3) is 3.10. The largest absolute Gasteiger partial charge is 0.328 e. The van der Waals surface area contributed by atoms with Crippen molar-refractivity contribution in [3.63, 3.8) is 0 Å². The molecule has 6 nitrogen and oxygen atoms in total. The summed E-state index contributed by atoms with van der Waals surface area (Å²) in [5.74, 6) is 1.54. The summed E-state index contributed by atoms with van der Waals surface area (Å²) in [5, 5.41) is 11.8. The van der Waals surface area contributed by atoms with Crippen molar-refractivity contribution in [3.8, 4) is 0 Å². The van der Waals surface area contributed by atoms with E-state index in [9.17, 15) is 4.79 Å². The van der Waals surface area contributed by atoms with Gasteiger partial charge in [-0.1, -0.05) is 25.8 Å². The Morgan fingerprint density at radius 3 is 2.92 bits per heavy atom. The standard InChI is InChI=1S/C19H27N5O/c1-2-7-15(18-22-21-17-11-3-4-12-24(17)18)20-19(25)23-13-6-10-16(23)14-8-5-9-14/h3-4,11-12,14-16H,2,5-10,13H2,1H3,(H,20,25). The summed E-state index contributed by atoms with van der Waals surface area (Å²) in [6, 6.07) is 6.27. The highest BCUT2D eigenvalue weighted by atomic mass is 16.2. The lowest BCUT2D eigenvalue weighted by atomic mass is 9.79. The van der Waals surface area contributed by atoms with Gasteiger partial charge in [0.25, 0.3) is 0 Å². The van der Waals surface area contributed by atoms with E-state index in [-0.39, 0.29) is 12.1 Å². The molecule has 2 unspecified atom stereocenters. The summed E-state index contributed by atoms with van der Waals surface area (Å²) in [5.41, 5.74) is 0.821. The number of likely N-dealkylation sites (tertiary alicyclic amines) is 1. The lowest BCUT2D eigenvalue weighted by Gasteiger charge is -2.37. The third-order valence-electron chi connectivity index (χ3n) is 5.78. The van der Waals surface area contributed by atoms with Crippen molar-refractivity contribution < 1.29 is 4.79 Å². The molecule has 2 aromatic rings. The van der Waals surface area contributed by atoms with Gasteiger partial charge in [0.05, 0.1) is 6.04 Å². The first kappa shape index (κ1) is 16.4. The number of hydrogen-bond acceptors (Lipinski definition) is 3. The molecule has 2 amide bonds. The average molecular weight is 341 g/mol. The number of hydrogen-bond donors (Lipinski definition) is 1. The zero-order valence-electron chi connectivity index (χ0n) is 14.9. The van der Waals surface area contributed by atoms with Crippen LogP contribution in [0.25, 0.3) is 5.65 Å². The molecule has 0 bridgehead atoms. The summed E-state index contributed by atoms with van der Waals surface area (Å²) in [7, 11) is 0. The highest BCUT2D eigenvalue weighted by molar-refractivity contribution is 5.75. The number of pyridine rings is 1. The number of aromatic nitrogens is 3. The molecule has 0 aromatic carbocycles. The summed E-state index contributed by atoms with van der Waals surface area (Å²) in [6.45, 7) is 3.02. The van der Waals surface area contributed by atoms with E-state index < -0.39 is 0 Å². The Kier molecular flexibility index (Phi) is 4.59. The fraction of sp³-hybridized carbons (Fsp3) is 0.632. The number of rotatable bonds is 5. The maximum atomic E-state index is 13.0. The van der Waals surface area contributed by atoms with E-state index in [1.54, 1.807) is 0 Å². The van der Waals surface area contributed by atoms with Crippen LogP contribution in [0.5, 0.6) is 0 Å². The van der Waals surface area contributed by atoms with Crippen LogP contribution < -0.4 is 5.32 Å². The topological polar surface area (TPSA) is 62.5 Å². The van der Waals surface area contributed by atoms with Crippen molar-refractivity contribution in [1.82, 2.24) is 24.8 Å². The Morgan fingerprint density at radius 1 is 1.28 bits per heavy atom. The number of urea groups is 1. The van der Waals surface area contributed by atoms with Gasteiger partial charge in [0.15, 0.2) is 11.5 Å². The highest BCUT2D eigenvalue weighted by Crippen LogP contribution is 2.37. The normalized spacial score (nSPS) is 22.1. The van der Waals surface area contributed by atoms with Crippen molar-refractivity contribution in [1.29, 1.82) is 0 Å². The molecule has 0 radical (unpaired) electrons. The van der Waals surface area contributed by atoms with Crippen molar-refractivity contribution in [2.24, 2.45) is 5.92 Å². The van der Waals surface area contributed by atoms with Crippen molar-refractivity contribution in [2.45, 2.75) is 64.0 Å². The Labute approximate surface area is 148 Å². The van der Waals surface area contributed by atoms with Crippen molar-refractivity contribution >= 4 is 11.7 Å². The van der Waals surface area contributed by atoms with Crippen LogP contribution >= 0.6 is 0 Å². The summed E-state index contributed by atoms with van der Waals surface area (Å²) in [6.07, 6.45) is 9.98. The molecule has 1 N–H and O–H groups in total. The first-order valence-corrected chi connectivity index (χ1v) is 9.64. The van der Waals surface area contributed by atoms with Crippen LogP contribution in [-0.4, -0.2) is 38.1 Å². The SMILES string of the molecule is CCCC(NC(=O)N1CCCC1C1CCC1)c1nnc2ccccn12. The number of nitrogens with one attached hydrogen (secondary N) is 1. The van der Waals surface area contributed by atoms with Gasteiger partial charge in [-0.15, -0.1) is 10.2 Å². The zero-order valence-corrected chi connectivity index (χ0v) is 14.9. The first-order valence-electron chi connectivity index (χ1n) is 9.64. The molecule has 1 aliphatic heterocycles. The second kappa shape index (κ2) is 7.02. The van der Waals surface area contributed by atoms with Crippen LogP contribution in [0, 0.1) is 5.92 Å². The summed E-state index contributed by atoms with van der Waals surface area (Å²) >= 11 is 0. The average Bonchev–Trinajstić information content (AvgIpc) is 3.20. The van der Waals surface area contributed by atoms with E-state index in [0.717, 1.165) is 43.7 Å². The molecule has 1 saturated heterocycles. The predicted molar refractivity (Wildman–Crippen MR) is 96.2 cm³/mol. The number of fused-ring (bicyclic) bond motifs is 1. The van der Waals surface area contributed by atoms with E-state index >= 15 is 0 Å². The van der Waals surface area contributed by atoms with E-state index in [0.29, 0.717) is 12.0 Å². The van der Waals surface area contributed by atoms with Crippen LogP contribution in [0.4, 0.5) is 4.79 Å². The molecule has 134 valence electrons. The van der Waals surface area contributed by atoms with Crippen LogP contribution in [0.2, 0.25) is 0 Å². The van der Waals surface area contributed by atoms with Crippen LogP contribution in [-0.2, 0) is 0 Å². The molecule has 1 saturated carbocycles. The lowest BCUT2D eigenvalue weighted by Crippen LogP contribution is -2.48. The van der Waals surface area contributed by atoms with Gasteiger partial charge < -0.3 is 10.2 Å². The number of amides is 2. The fourth-order valence-electron chi connectivity index (χ4n) is 4.24. The molecule has 1 aliphatic carbocycles. The maximum absolute atomic E-state index is 13.0. The molecule has 2 aromatic heterocycles. The molecule has 2 fully saturated rings. The Balaban J connectivity index is 1.52. The van der Waals surface area contributed by atoms with Gasteiger partial charge in [-0.25, -0.2) is 4.79 Å². The minimum absolute atomic E-state index is 0.0699. The predicted octanol–water partition coefficient (Wildman–Crippen LogP) is 3.54. The second-order valence-electron chi connectivity index (χ2n) is 7.37. The molecule has 2 atom stereocenters. The van der Waals surface area contributed by atoms with Gasteiger partial charge in [-0.2, -0.15) is 0 Å². The van der Waals surface area contributed by atoms with Crippen molar-refractivity contribution in [2.75, 3.05) is 6.54 Å². The number of carbonyl (C=O) groups is 1. The molecule has 0 spiro atoms. The Hall–Kier alpha value is -2.11. The Morgan fingerprint density at radius 2 is 2.16 bits per heavy atom. The minimum Gasteiger partial charge on any atom is -0.328 e. The number of nitrogens with zero attached hydrogens (tertiary/aromatic N) is 4. The molecular formula is C19H27N5O. The third-order valence-corrected chi connectivity index (χ3v) is 5.78. The molecule has 6 heteroatoms. The molecule has 25 heavy (non-hydrogen) atoms. The molecule has 2 aliphatic rings. The van der Waals surface area contributed by atoms with Crippen molar-refractivity contribution in [3.05, 3.63) is 30.2 Å². The van der Waals surface area contributed by atoms with Crippen LogP contribution in [0.1, 0.15) is 63.7 Å². The highest BCUT2D eigenvalue weighted by Gasteiger charge is 2.38. The monoisotopic (exact) mass is 341 g/mol. The number of carbonyl (C=O) groups excluding carboxylic acids is 1. The second-order valence-corrected chi connectivity index (χ2v) is 7.37. The lowest BCUT2D eigenvalue weighted by molar-refractivity contribution is 0.136. The minimum atomic E-state index is -0.0995. The summed E-state index contributed by atoms with van der Waals surface area (Å²) < 4.78 is 1.98. The Bertz CT molecular complexity index is 738.